The molecule has 6 heteroatoms. The summed E-state index contributed by atoms with van der Waals surface area (Å²) in [5.41, 5.74) is 2.08. The van der Waals surface area contributed by atoms with Crippen molar-refractivity contribution in [3.05, 3.63) is 33.9 Å². The number of non-ortho nitro benzene ring substituents is 1. The van der Waals surface area contributed by atoms with Crippen LogP contribution < -0.4 is 4.90 Å². The van der Waals surface area contributed by atoms with E-state index in [1.807, 2.05) is 6.92 Å². The second kappa shape index (κ2) is 5.09. The summed E-state index contributed by atoms with van der Waals surface area (Å²) in [6.45, 7) is 3.73. The number of rotatable bonds is 2. The van der Waals surface area contributed by atoms with Crippen LogP contribution in [0.25, 0.3) is 0 Å². The van der Waals surface area contributed by atoms with Crippen LogP contribution in [-0.4, -0.2) is 24.7 Å². The fourth-order valence-corrected chi connectivity index (χ4v) is 2.36. The summed E-state index contributed by atoms with van der Waals surface area (Å²) in [6, 6.07) is 4.95. The van der Waals surface area contributed by atoms with E-state index in [1.165, 1.54) is 0 Å². The molecule has 0 bridgehead atoms. The Balaban J connectivity index is 2.15. The molecule has 1 aliphatic heterocycles. The van der Waals surface area contributed by atoms with Gasteiger partial charge in [0.05, 0.1) is 4.92 Å². The molecule has 0 aliphatic carbocycles. The van der Waals surface area contributed by atoms with Crippen molar-refractivity contribution in [2.24, 2.45) is 0 Å². The van der Waals surface area contributed by atoms with Crippen LogP contribution in [0.15, 0.2) is 18.2 Å². The standard InChI is InChI=1S/C12H14BN3O2/c1-10-8-11(16(17)18)2-3-12(10)15-6-4-13(9-14)5-7-15/h2-3,8H,4-7H2,1H3. The second-order valence-electron chi connectivity index (χ2n) is 4.62. The number of nitriles is 1. The molecule has 1 aromatic rings. The summed E-state index contributed by atoms with van der Waals surface area (Å²) in [5, 5.41) is 19.5. The molecule has 0 spiro atoms. The minimum atomic E-state index is -0.376. The van der Waals surface area contributed by atoms with Gasteiger partial charge in [0.1, 0.15) is 0 Å². The zero-order valence-corrected chi connectivity index (χ0v) is 10.3. The summed E-state index contributed by atoms with van der Waals surface area (Å²) in [7, 11) is 0. The van der Waals surface area contributed by atoms with Crippen molar-refractivity contribution < 1.29 is 4.92 Å². The number of hydrogen-bond acceptors (Lipinski definition) is 4. The fraction of sp³-hybridized carbons (Fsp3) is 0.417. The van der Waals surface area contributed by atoms with E-state index in [1.54, 1.807) is 18.2 Å². The predicted octanol–water partition coefficient (Wildman–Crippen LogP) is 2.28. The third-order valence-electron chi connectivity index (χ3n) is 3.41. The minimum absolute atomic E-state index is 0.128. The monoisotopic (exact) mass is 243 g/mol. The molecular weight excluding hydrogens is 229 g/mol. The van der Waals surface area contributed by atoms with E-state index in [0.717, 1.165) is 37.0 Å². The smallest absolute Gasteiger partial charge is 0.271 e. The Hall–Kier alpha value is -2.03. The van der Waals surface area contributed by atoms with E-state index in [4.69, 9.17) is 5.26 Å². The number of benzene rings is 1. The second-order valence-corrected chi connectivity index (χ2v) is 4.62. The number of nitro benzene ring substituents is 1. The molecule has 0 amide bonds. The maximum Gasteiger partial charge on any atom is 0.271 e. The molecule has 0 radical (unpaired) electrons. The third kappa shape index (κ3) is 2.45. The van der Waals surface area contributed by atoms with Crippen molar-refractivity contribution >= 4 is 18.1 Å². The zero-order chi connectivity index (χ0) is 13.1. The van der Waals surface area contributed by atoms with Gasteiger partial charge in [0, 0.05) is 36.9 Å². The zero-order valence-electron chi connectivity index (χ0n) is 10.3. The van der Waals surface area contributed by atoms with Gasteiger partial charge in [-0.1, -0.05) is 0 Å². The number of anilines is 1. The van der Waals surface area contributed by atoms with Crippen molar-refractivity contribution in [3.63, 3.8) is 0 Å². The highest BCUT2D eigenvalue weighted by molar-refractivity contribution is 6.67. The molecule has 1 fully saturated rings. The van der Waals surface area contributed by atoms with E-state index in [-0.39, 0.29) is 17.3 Å². The summed E-state index contributed by atoms with van der Waals surface area (Å²) < 4.78 is 0. The molecule has 0 atom stereocenters. The number of nitrogens with zero attached hydrogens (tertiary/aromatic N) is 3. The molecule has 1 heterocycles. The van der Waals surface area contributed by atoms with Crippen LogP contribution in [0.5, 0.6) is 0 Å². The predicted molar refractivity (Wildman–Crippen MR) is 71.0 cm³/mol. The lowest BCUT2D eigenvalue weighted by atomic mass is 9.45. The fourth-order valence-electron chi connectivity index (χ4n) is 2.36. The molecule has 18 heavy (non-hydrogen) atoms. The highest BCUT2D eigenvalue weighted by Crippen LogP contribution is 2.27. The third-order valence-corrected chi connectivity index (χ3v) is 3.41. The van der Waals surface area contributed by atoms with Gasteiger partial charge in [0.15, 0.2) is 0 Å². The van der Waals surface area contributed by atoms with Crippen LogP contribution in [0.2, 0.25) is 12.6 Å². The van der Waals surface area contributed by atoms with Gasteiger partial charge < -0.3 is 4.90 Å². The van der Waals surface area contributed by atoms with Crippen molar-refractivity contribution in [1.82, 2.24) is 0 Å². The lowest BCUT2D eigenvalue weighted by Crippen LogP contribution is -2.36. The molecule has 0 unspecified atom stereocenters. The van der Waals surface area contributed by atoms with Crippen molar-refractivity contribution in [2.75, 3.05) is 18.0 Å². The quantitative estimate of drug-likeness (QED) is 0.453. The molecule has 2 rings (SSSR count). The van der Waals surface area contributed by atoms with E-state index in [0.29, 0.717) is 0 Å². The highest BCUT2D eigenvalue weighted by Gasteiger charge is 2.23. The van der Waals surface area contributed by atoms with E-state index in [2.05, 4.69) is 10.9 Å². The molecular formula is C12H14BN3O2. The van der Waals surface area contributed by atoms with Crippen LogP contribution in [-0.2, 0) is 0 Å². The molecule has 5 nitrogen and oxygen atoms in total. The molecule has 0 N–H and O–H groups in total. The van der Waals surface area contributed by atoms with Gasteiger partial charge in [-0.25, -0.2) is 5.26 Å². The van der Waals surface area contributed by atoms with Gasteiger partial charge in [-0.15, -0.1) is 0 Å². The Morgan fingerprint density at radius 1 is 1.44 bits per heavy atom. The van der Waals surface area contributed by atoms with E-state index >= 15 is 0 Å². The van der Waals surface area contributed by atoms with Crippen LogP contribution in [0.4, 0.5) is 11.4 Å². The van der Waals surface area contributed by atoms with E-state index < -0.39 is 0 Å². The Kier molecular flexibility index (Phi) is 3.51. The maximum absolute atomic E-state index is 10.7. The van der Waals surface area contributed by atoms with Crippen LogP contribution in [0.1, 0.15) is 5.56 Å². The van der Waals surface area contributed by atoms with Gasteiger partial charge in [0.25, 0.3) is 12.4 Å². The molecule has 0 saturated carbocycles. The van der Waals surface area contributed by atoms with Gasteiger partial charge >= 0.3 is 0 Å². The SMILES string of the molecule is Cc1cc([N+](=O)[O-])ccc1N1CCB(C#N)CC1. The first kappa shape index (κ1) is 12.4. The van der Waals surface area contributed by atoms with Crippen LogP contribution >= 0.6 is 0 Å². The van der Waals surface area contributed by atoms with Crippen molar-refractivity contribution in [2.45, 2.75) is 19.6 Å². The number of nitro groups is 1. The number of aryl methyl sites for hydroxylation is 1. The molecule has 0 aromatic heterocycles. The summed E-state index contributed by atoms with van der Waals surface area (Å²) in [4.78, 5) is 12.5. The molecule has 92 valence electrons. The Morgan fingerprint density at radius 3 is 2.61 bits per heavy atom. The Morgan fingerprint density at radius 2 is 2.11 bits per heavy atom. The number of hydrogen-bond donors (Lipinski definition) is 0. The topological polar surface area (TPSA) is 70.2 Å². The lowest BCUT2D eigenvalue weighted by molar-refractivity contribution is -0.384. The largest absolute Gasteiger partial charge is 0.373 e. The van der Waals surface area contributed by atoms with Crippen LogP contribution in [0.3, 0.4) is 0 Å². The van der Waals surface area contributed by atoms with Crippen molar-refractivity contribution in [3.8, 4) is 5.97 Å². The summed E-state index contributed by atoms with van der Waals surface area (Å²) in [5.74, 6) is 2.30. The van der Waals surface area contributed by atoms with Gasteiger partial charge in [0.2, 0.25) is 0 Å². The molecule has 1 saturated heterocycles. The average Bonchev–Trinajstić information content (AvgIpc) is 2.38. The van der Waals surface area contributed by atoms with Gasteiger partial charge in [-0.2, -0.15) is 0 Å². The first-order chi connectivity index (χ1) is 8.61. The molecule has 1 aliphatic rings. The Bertz CT molecular complexity index is 505. The first-order valence-corrected chi connectivity index (χ1v) is 6.01. The van der Waals surface area contributed by atoms with Gasteiger partial charge in [-0.3, -0.25) is 10.1 Å². The lowest BCUT2D eigenvalue weighted by Gasteiger charge is -2.31. The summed E-state index contributed by atoms with van der Waals surface area (Å²) in [6.07, 6.45) is 1.74. The maximum atomic E-state index is 10.7. The van der Waals surface area contributed by atoms with Crippen LogP contribution in [0, 0.1) is 28.3 Å². The average molecular weight is 243 g/mol. The first-order valence-electron chi connectivity index (χ1n) is 6.01. The van der Waals surface area contributed by atoms with Crippen molar-refractivity contribution in [1.29, 1.82) is 5.26 Å². The van der Waals surface area contributed by atoms with Gasteiger partial charge in [-0.05, 0) is 31.2 Å². The summed E-state index contributed by atoms with van der Waals surface area (Å²) >= 11 is 0. The molecule has 1 aromatic carbocycles. The minimum Gasteiger partial charge on any atom is -0.373 e. The highest BCUT2D eigenvalue weighted by atomic mass is 16.6. The van der Waals surface area contributed by atoms with E-state index in [9.17, 15) is 10.1 Å². The normalized spacial score (nSPS) is 15.3. The Labute approximate surface area is 106 Å².